The molecule has 0 saturated heterocycles. The van der Waals surface area contributed by atoms with Crippen LogP contribution in [0.1, 0.15) is 25.5 Å². The summed E-state index contributed by atoms with van der Waals surface area (Å²) in [4.78, 5) is 9.33. The number of rotatable bonds is 3. The van der Waals surface area contributed by atoms with Gasteiger partial charge in [-0.2, -0.15) is 0 Å². The molecule has 0 unspecified atom stereocenters. The summed E-state index contributed by atoms with van der Waals surface area (Å²) in [5, 5.41) is 0. The number of benzene rings is 1. The number of para-hydroxylation sites is 2. The Bertz CT molecular complexity index is 561. The summed E-state index contributed by atoms with van der Waals surface area (Å²) in [7, 11) is -1.67. The zero-order valence-corrected chi connectivity index (χ0v) is 12.7. The first kappa shape index (κ1) is 13.0. The van der Waals surface area contributed by atoms with Crippen LogP contribution in [0, 0.1) is 0 Å². The van der Waals surface area contributed by atoms with Crippen LogP contribution in [-0.4, -0.2) is 18.3 Å². The van der Waals surface area contributed by atoms with Crippen LogP contribution >= 0.6 is 0 Å². The summed E-state index contributed by atoms with van der Waals surface area (Å²) in [6.45, 7) is 10.7. The minimum absolute atomic E-state index is 0.313. The van der Waals surface area contributed by atoms with E-state index in [-0.39, 0.29) is 0 Å². The third-order valence-electron chi connectivity index (χ3n) is 2.51. The minimum atomic E-state index is -1.67. The van der Waals surface area contributed by atoms with Crippen LogP contribution in [0.15, 0.2) is 24.3 Å². The van der Waals surface area contributed by atoms with Gasteiger partial charge in [0.05, 0.1) is 11.0 Å². The lowest BCUT2D eigenvalue weighted by Crippen LogP contribution is -2.30. The fraction of sp³-hybridized carbons (Fsp3) is 0.429. The van der Waals surface area contributed by atoms with Crippen molar-refractivity contribution >= 4 is 19.4 Å². The van der Waals surface area contributed by atoms with Crippen molar-refractivity contribution in [1.29, 1.82) is 0 Å². The Kier molecular flexibility index (Phi) is 3.39. The molecule has 96 valence electrons. The van der Waals surface area contributed by atoms with Crippen LogP contribution in [0.2, 0.25) is 19.6 Å². The molecule has 4 heteroatoms. The van der Waals surface area contributed by atoms with Gasteiger partial charge in [0.2, 0.25) is 14.2 Å². The van der Waals surface area contributed by atoms with Gasteiger partial charge in [-0.1, -0.05) is 26.0 Å². The third kappa shape index (κ3) is 2.87. The number of hydrogen-bond acceptors (Lipinski definition) is 3. The highest BCUT2D eigenvalue weighted by atomic mass is 28.4. The maximum absolute atomic E-state index is 6.07. The zero-order chi connectivity index (χ0) is 13.3. The monoisotopic (exact) mass is 260 g/mol. The second kappa shape index (κ2) is 4.69. The van der Waals surface area contributed by atoms with Crippen LogP contribution in [0.5, 0.6) is 5.88 Å². The van der Waals surface area contributed by atoms with Crippen molar-refractivity contribution in [3.8, 4) is 5.88 Å². The largest absolute Gasteiger partial charge is 0.530 e. The van der Waals surface area contributed by atoms with Gasteiger partial charge in [-0.25, -0.2) is 9.97 Å². The molecule has 18 heavy (non-hydrogen) atoms. The maximum atomic E-state index is 6.07. The average molecular weight is 260 g/mol. The molecule has 0 aliphatic carbocycles. The Morgan fingerprint density at radius 2 is 1.56 bits per heavy atom. The quantitative estimate of drug-likeness (QED) is 0.783. The minimum Gasteiger partial charge on any atom is -0.530 e. The molecule has 1 aromatic heterocycles. The molecule has 3 nitrogen and oxygen atoms in total. The van der Waals surface area contributed by atoms with E-state index in [4.69, 9.17) is 9.41 Å². The summed E-state index contributed by atoms with van der Waals surface area (Å²) in [5.74, 6) is 1.02. The van der Waals surface area contributed by atoms with Crippen LogP contribution < -0.4 is 4.43 Å². The van der Waals surface area contributed by atoms with Gasteiger partial charge < -0.3 is 4.43 Å². The highest BCUT2D eigenvalue weighted by molar-refractivity contribution is 6.70. The van der Waals surface area contributed by atoms with E-state index in [1.165, 1.54) is 0 Å². The van der Waals surface area contributed by atoms with E-state index in [1.54, 1.807) is 0 Å². The summed E-state index contributed by atoms with van der Waals surface area (Å²) in [5.41, 5.74) is 2.79. The van der Waals surface area contributed by atoms with Crippen molar-refractivity contribution in [2.24, 2.45) is 0 Å². The molecule has 2 rings (SSSR count). The molecule has 0 spiro atoms. The Morgan fingerprint density at radius 1 is 1.00 bits per heavy atom. The van der Waals surface area contributed by atoms with E-state index in [0.717, 1.165) is 16.7 Å². The molecule has 0 aliphatic rings. The van der Waals surface area contributed by atoms with Crippen LogP contribution in [-0.2, 0) is 0 Å². The molecule has 0 amide bonds. The molecule has 0 fully saturated rings. The fourth-order valence-corrected chi connectivity index (χ4v) is 2.47. The maximum Gasteiger partial charge on any atom is 0.244 e. The molecule has 0 aliphatic heterocycles. The van der Waals surface area contributed by atoms with Gasteiger partial charge in [0.15, 0.2) is 0 Å². The Morgan fingerprint density at radius 3 is 2.06 bits per heavy atom. The predicted molar refractivity (Wildman–Crippen MR) is 77.6 cm³/mol. The first-order valence-corrected chi connectivity index (χ1v) is 9.73. The molecule has 1 heterocycles. The summed E-state index contributed by atoms with van der Waals surface area (Å²) >= 11 is 0. The second-order valence-corrected chi connectivity index (χ2v) is 10.2. The van der Waals surface area contributed by atoms with E-state index >= 15 is 0 Å². The zero-order valence-electron chi connectivity index (χ0n) is 11.7. The molecule has 2 aromatic rings. The average Bonchev–Trinajstić information content (AvgIpc) is 2.25. The van der Waals surface area contributed by atoms with Crippen molar-refractivity contribution in [2.45, 2.75) is 39.4 Å². The van der Waals surface area contributed by atoms with Crippen molar-refractivity contribution in [1.82, 2.24) is 9.97 Å². The number of aromatic nitrogens is 2. The van der Waals surface area contributed by atoms with Gasteiger partial charge in [0.25, 0.3) is 0 Å². The lowest BCUT2D eigenvalue weighted by molar-refractivity contribution is 0.517. The smallest absolute Gasteiger partial charge is 0.244 e. The SMILES string of the molecule is CC(C)c1nc2ccccc2nc1O[Si](C)(C)C. The summed E-state index contributed by atoms with van der Waals surface area (Å²) < 4.78 is 6.07. The highest BCUT2D eigenvalue weighted by Gasteiger charge is 2.21. The molecule has 0 saturated carbocycles. The molecule has 0 atom stereocenters. The predicted octanol–water partition coefficient (Wildman–Crippen LogP) is 3.97. The summed E-state index contributed by atoms with van der Waals surface area (Å²) in [6.07, 6.45) is 0. The van der Waals surface area contributed by atoms with Crippen LogP contribution in [0.4, 0.5) is 0 Å². The first-order chi connectivity index (χ1) is 8.37. The van der Waals surface area contributed by atoms with E-state index < -0.39 is 8.32 Å². The Balaban J connectivity index is 2.58. The Labute approximate surface area is 109 Å². The van der Waals surface area contributed by atoms with Gasteiger partial charge in [-0.3, -0.25) is 0 Å². The van der Waals surface area contributed by atoms with Gasteiger partial charge >= 0.3 is 0 Å². The highest BCUT2D eigenvalue weighted by Crippen LogP contribution is 2.27. The van der Waals surface area contributed by atoms with Gasteiger partial charge in [0.1, 0.15) is 5.69 Å². The first-order valence-electron chi connectivity index (χ1n) is 6.32. The second-order valence-electron chi connectivity index (χ2n) is 5.77. The number of fused-ring (bicyclic) bond motifs is 1. The summed E-state index contributed by atoms with van der Waals surface area (Å²) in [6, 6.07) is 7.93. The standard InChI is InChI=1S/C14H20N2OSi/c1-10(2)13-14(17-18(3,4)5)16-12-9-7-6-8-11(12)15-13/h6-10H,1-5H3. The van der Waals surface area contributed by atoms with Crippen molar-refractivity contribution in [2.75, 3.05) is 0 Å². The molecule has 1 aromatic carbocycles. The Hall–Kier alpha value is -1.42. The third-order valence-corrected chi connectivity index (χ3v) is 3.32. The van der Waals surface area contributed by atoms with Crippen molar-refractivity contribution in [3.63, 3.8) is 0 Å². The van der Waals surface area contributed by atoms with E-state index in [0.29, 0.717) is 11.8 Å². The molecule has 0 bridgehead atoms. The van der Waals surface area contributed by atoms with E-state index in [9.17, 15) is 0 Å². The van der Waals surface area contributed by atoms with Gasteiger partial charge in [-0.05, 0) is 31.8 Å². The van der Waals surface area contributed by atoms with Gasteiger partial charge in [-0.15, -0.1) is 0 Å². The van der Waals surface area contributed by atoms with Crippen molar-refractivity contribution in [3.05, 3.63) is 30.0 Å². The lowest BCUT2D eigenvalue weighted by atomic mass is 10.1. The molecule has 0 N–H and O–H groups in total. The number of nitrogens with zero attached hydrogens (tertiary/aromatic N) is 2. The van der Waals surface area contributed by atoms with E-state index in [2.05, 4.69) is 38.5 Å². The lowest BCUT2D eigenvalue weighted by Gasteiger charge is -2.21. The van der Waals surface area contributed by atoms with Crippen molar-refractivity contribution < 1.29 is 4.43 Å². The fourth-order valence-electron chi connectivity index (χ4n) is 1.74. The van der Waals surface area contributed by atoms with E-state index in [1.807, 2.05) is 24.3 Å². The molecular weight excluding hydrogens is 240 g/mol. The number of hydrogen-bond donors (Lipinski definition) is 0. The van der Waals surface area contributed by atoms with Crippen LogP contribution in [0.3, 0.4) is 0 Å². The van der Waals surface area contributed by atoms with Crippen LogP contribution in [0.25, 0.3) is 11.0 Å². The topological polar surface area (TPSA) is 35.0 Å². The molecule has 0 radical (unpaired) electrons. The normalized spacial score (nSPS) is 12.1. The van der Waals surface area contributed by atoms with Gasteiger partial charge in [0, 0.05) is 5.92 Å². The molecular formula is C14H20N2OSi.